The lowest BCUT2D eigenvalue weighted by Crippen LogP contribution is -2.46. The molecule has 0 spiro atoms. The van der Waals surface area contributed by atoms with Crippen molar-refractivity contribution in [1.29, 1.82) is 0 Å². The summed E-state index contributed by atoms with van der Waals surface area (Å²) in [5.74, 6) is 1.21. The van der Waals surface area contributed by atoms with Crippen molar-refractivity contribution in [3.8, 4) is 0 Å². The van der Waals surface area contributed by atoms with E-state index in [1.54, 1.807) is 0 Å². The number of rotatable bonds is 4. The third kappa shape index (κ3) is 2.96. The number of carbonyl (C=O) groups is 1. The van der Waals surface area contributed by atoms with E-state index in [1.807, 2.05) is 0 Å². The number of amides is 1. The number of nitrogens with zero attached hydrogens (tertiary/aromatic N) is 1. The minimum absolute atomic E-state index is 0.0322. The van der Waals surface area contributed by atoms with E-state index in [1.165, 1.54) is 38.5 Å². The maximum absolute atomic E-state index is 12.9. The van der Waals surface area contributed by atoms with Crippen molar-refractivity contribution in [3.63, 3.8) is 0 Å². The first-order valence-corrected chi connectivity index (χ1v) is 8.21. The molecule has 1 aliphatic heterocycles. The molecule has 0 aromatic rings. The SMILES string of the molecule is CC1(C(=O)N(CC2CCNCC2)C2CC2)CCCC1. The van der Waals surface area contributed by atoms with E-state index in [0.29, 0.717) is 11.9 Å². The molecule has 3 fully saturated rings. The molecule has 3 aliphatic rings. The largest absolute Gasteiger partial charge is 0.339 e. The van der Waals surface area contributed by atoms with Crippen LogP contribution in [0.15, 0.2) is 0 Å². The van der Waals surface area contributed by atoms with Gasteiger partial charge in [-0.15, -0.1) is 0 Å². The van der Waals surface area contributed by atoms with Gasteiger partial charge in [0, 0.05) is 18.0 Å². The molecule has 19 heavy (non-hydrogen) atoms. The Morgan fingerprint density at radius 2 is 1.79 bits per heavy atom. The zero-order valence-corrected chi connectivity index (χ0v) is 12.3. The van der Waals surface area contributed by atoms with Crippen LogP contribution in [-0.4, -0.2) is 36.5 Å². The van der Waals surface area contributed by atoms with E-state index in [2.05, 4.69) is 17.1 Å². The number of hydrogen-bond acceptors (Lipinski definition) is 2. The first-order valence-electron chi connectivity index (χ1n) is 8.21. The molecule has 0 atom stereocenters. The Hall–Kier alpha value is -0.570. The predicted molar refractivity (Wildman–Crippen MR) is 76.9 cm³/mol. The number of carbonyl (C=O) groups excluding carboxylic acids is 1. The number of piperidine rings is 1. The Labute approximate surface area is 117 Å². The van der Waals surface area contributed by atoms with Crippen molar-refractivity contribution in [2.75, 3.05) is 19.6 Å². The lowest BCUT2D eigenvalue weighted by Gasteiger charge is -2.35. The van der Waals surface area contributed by atoms with Gasteiger partial charge in [-0.3, -0.25) is 4.79 Å². The second kappa shape index (κ2) is 5.43. The van der Waals surface area contributed by atoms with Gasteiger partial charge in [0.2, 0.25) is 5.91 Å². The normalized spacial score (nSPS) is 27.4. The number of nitrogens with one attached hydrogen (secondary N) is 1. The van der Waals surface area contributed by atoms with Crippen molar-refractivity contribution in [2.24, 2.45) is 11.3 Å². The van der Waals surface area contributed by atoms with Gasteiger partial charge < -0.3 is 10.2 Å². The van der Waals surface area contributed by atoms with Crippen LogP contribution in [0.2, 0.25) is 0 Å². The Kier molecular flexibility index (Phi) is 3.84. The van der Waals surface area contributed by atoms with Gasteiger partial charge in [-0.05, 0) is 57.5 Å². The lowest BCUT2D eigenvalue weighted by molar-refractivity contribution is -0.142. The van der Waals surface area contributed by atoms with Crippen LogP contribution in [0.4, 0.5) is 0 Å². The van der Waals surface area contributed by atoms with Crippen LogP contribution in [0.3, 0.4) is 0 Å². The minimum atomic E-state index is -0.0322. The molecule has 0 radical (unpaired) electrons. The summed E-state index contributed by atoms with van der Waals surface area (Å²) in [5.41, 5.74) is -0.0322. The highest BCUT2D eigenvalue weighted by Gasteiger charge is 2.44. The van der Waals surface area contributed by atoms with E-state index in [4.69, 9.17) is 0 Å². The fourth-order valence-electron chi connectivity index (χ4n) is 3.84. The third-order valence-electron chi connectivity index (χ3n) is 5.39. The zero-order chi connectivity index (χ0) is 13.3. The van der Waals surface area contributed by atoms with Crippen LogP contribution in [0, 0.1) is 11.3 Å². The van der Waals surface area contributed by atoms with Crippen molar-refractivity contribution >= 4 is 5.91 Å². The summed E-state index contributed by atoms with van der Waals surface area (Å²) in [6, 6.07) is 0.583. The first kappa shape index (κ1) is 13.4. The smallest absolute Gasteiger partial charge is 0.228 e. The van der Waals surface area contributed by atoms with Crippen LogP contribution in [0.5, 0.6) is 0 Å². The molecule has 2 saturated carbocycles. The Bertz CT molecular complexity index is 326. The van der Waals surface area contributed by atoms with Crippen molar-refractivity contribution in [1.82, 2.24) is 10.2 Å². The van der Waals surface area contributed by atoms with Crippen LogP contribution >= 0.6 is 0 Å². The van der Waals surface area contributed by atoms with Crippen LogP contribution in [0.25, 0.3) is 0 Å². The highest BCUT2D eigenvalue weighted by molar-refractivity contribution is 5.83. The monoisotopic (exact) mass is 264 g/mol. The lowest BCUT2D eigenvalue weighted by atomic mass is 9.86. The zero-order valence-electron chi connectivity index (χ0n) is 12.3. The van der Waals surface area contributed by atoms with Crippen LogP contribution < -0.4 is 5.32 Å². The van der Waals surface area contributed by atoms with Crippen molar-refractivity contribution in [2.45, 2.75) is 64.3 Å². The van der Waals surface area contributed by atoms with Gasteiger partial charge in [-0.1, -0.05) is 19.8 Å². The van der Waals surface area contributed by atoms with Gasteiger partial charge in [0.05, 0.1) is 0 Å². The number of hydrogen-bond donors (Lipinski definition) is 1. The molecular weight excluding hydrogens is 236 g/mol. The Morgan fingerprint density at radius 3 is 2.37 bits per heavy atom. The molecule has 2 aliphatic carbocycles. The first-order chi connectivity index (χ1) is 9.19. The molecule has 3 rings (SSSR count). The van der Waals surface area contributed by atoms with Crippen LogP contribution in [0.1, 0.15) is 58.3 Å². The highest BCUT2D eigenvalue weighted by atomic mass is 16.2. The van der Waals surface area contributed by atoms with Crippen molar-refractivity contribution < 1.29 is 4.79 Å². The average Bonchev–Trinajstić information content (AvgIpc) is 3.18. The highest BCUT2D eigenvalue weighted by Crippen LogP contribution is 2.42. The van der Waals surface area contributed by atoms with E-state index in [0.717, 1.165) is 38.4 Å². The molecule has 1 N–H and O–H groups in total. The Balaban J connectivity index is 1.64. The summed E-state index contributed by atoms with van der Waals surface area (Å²) in [6.45, 7) is 5.50. The standard InChI is InChI=1S/C16H28N2O/c1-16(8-2-3-9-16)15(19)18(14-4-5-14)12-13-6-10-17-11-7-13/h13-14,17H,2-12H2,1H3. The fraction of sp³-hybridized carbons (Fsp3) is 0.938. The molecule has 0 aromatic heterocycles. The molecule has 1 saturated heterocycles. The van der Waals surface area contributed by atoms with E-state index in [-0.39, 0.29) is 5.41 Å². The van der Waals surface area contributed by atoms with Crippen LogP contribution in [-0.2, 0) is 4.79 Å². The molecule has 3 nitrogen and oxygen atoms in total. The van der Waals surface area contributed by atoms with Gasteiger partial charge in [-0.2, -0.15) is 0 Å². The van der Waals surface area contributed by atoms with Crippen molar-refractivity contribution in [3.05, 3.63) is 0 Å². The maximum Gasteiger partial charge on any atom is 0.228 e. The molecule has 108 valence electrons. The second-order valence-electron chi connectivity index (χ2n) is 7.15. The predicted octanol–water partition coefficient (Wildman–Crippen LogP) is 2.56. The molecule has 0 aromatic carbocycles. The molecule has 1 heterocycles. The van der Waals surface area contributed by atoms with E-state index in [9.17, 15) is 4.79 Å². The van der Waals surface area contributed by atoms with Gasteiger partial charge in [0.25, 0.3) is 0 Å². The van der Waals surface area contributed by atoms with Gasteiger partial charge in [0.15, 0.2) is 0 Å². The topological polar surface area (TPSA) is 32.3 Å². The Morgan fingerprint density at radius 1 is 1.16 bits per heavy atom. The summed E-state index contributed by atoms with van der Waals surface area (Å²) in [7, 11) is 0. The second-order valence-corrected chi connectivity index (χ2v) is 7.15. The fourth-order valence-corrected chi connectivity index (χ4v) is 3.84. The summed E-state index contributed by atoms with van der Waals surface area (Å²) >= 11 is 0. The summed E-state index contributed by atoms with van der Waals surface area (Å²) in [5, 5.41) is 3.42. The molecule has 0 unspecified atom stereocenters. The molecule has 1 amide bonds. The van der Waals surface area contributed by atoms with Gasteiger partial charge >= 0.3 is 0 Å². The quantitative estimate of drug-likeness (QED) is 0.846. The summed E-state index contributed by atoms with van der Waals surface area (Å²) in [4.78, 5) is 15.2. The molecule has 0 bridgehead atoms. The average molecular weight is 264 g/mol. The maximum atomic E-state index is 12.9. The summed E-state index contributed by atoms with van der Waals surface area (Å²) in [6.07, 6.45) is 9.69. The van der Waals surface area contributed by atoms with E-state index >= 15 is 0 Å². The van der Waals surface area contributed by atoms with Gasteiger partial charge in [0.1, 0.15) is 0 Å². The summed E-state index contributed by atoms with van der Waals surface area (Å²) < 4.78 is 0. The minimum Gasteiger partial charge on any atom is -0.339 e. The third-order valence-corrected chi connectivity index (χ3v) is 5.39. The van der Waals surface area contributed by atoms with E-state index < -0.39 is 0 Å². The molecule has 3 heteroatoms. The van der Waals surface area contributed by atoms with Gasteiger partial charge in [-0.25, -0.2) is 0 Å². The molecular formula is C16H28N2O.